The van der Waals surface area contributed by atoms with E-state index in [9.17, 15) is 13.2 Å². The molecule has 2 aromatic rings. The summed E-state index contributed by atoms with van der Waals surface area (Å²) in [5, 5.41) is 12.1. The lowest BCUT2D eigenvalue weighted by Crippen LogP contribution is -2.15. The van der Waals surface area contributed by atoms with E-state index in [1.807, 2.05) is 11.6 Å². The quantitative estimate of drug-likeness (QED) is 0.728. The summed E-state index contributed by atoms with van der Waals surface area (Å²) in [6.45, 7) is 0. The highest BCUT2D eigenvalue weighted by molar-refractivity contribution is 7.99. The van der Waals surface area contributed by atoms with Crippen LogP contribution in [0.5, 0.6) is 0 Å². The molecule has 10 heteroatoms. The Labute approximate surface area is 161 Å². The number of nitrogens with zero attached hydrogens (tertiary/aromatic N) is 3. The zero-order chi connectivity index (χ0) is 18.7. The lowest BCUT2D eigenvalue weighted by atomic mass is 10.1. The van der Waals surface area contributed by atoms with Crippen LogP contribution >= 0.6 is 23.4 Å². The highest BCUT2D eigenvalue weighted by Gasteiger charge is 2.29. The van der Waals surface area contributed by atoms with Gasteiger partial charge in [-0.1, -0.05) is 35.5 Å². The minimum absolute atomic E-state index is 0.0873. The fourth-order valence-corrected chi connectivity index (χ4v) is 5.59. The van der Waals surface area contributed by atoms with Gasteiger partial charge in [0.1, 0.15) is 5.82 Å². The molecule has 1 N–H and O–H groups in total. The molecule has 0 saturated carbocycles. The van der Waals surface area contributed by atoms with Crippen LogP contribution in [-0.2, 0) is 28.1 Å². The van der Waals surface area contributed by atoms with Gasteiger partial charge in [0, 0.05) is 13.5 Å². The zero-order valence-corrected chi connectivity index (χ0v) is 16.6. The topological polar surface area (TPSA) is 93.9 Å². The van der Waals surface area contributed by atoms with Crippen molar-refractivity contribution in [1.29, 1.82) is 0 Å². The van der Waals surface area contributed by atoms with Gasteiger partial charge in [-0.2, -0.15) is 0 Å². The maximum absolute atomic E-state index is 12.1. The molecule has 7 nitrogen and oxygen atoms in total. The molecular formula is C16H19ClN4O3S2. The summed E-state index contributed by atoms with van der Waals surface area (Å²) in [6.07, 6.45) is 1.24. The number of aromatic nitrogens is 3. The Morgan fingerprint density at radius 3 is 2.85 bits per heavy atom. The van der Waals surface area contributed by atoms with E-state index in [0.717, 1.165) is 5.82 Å². The number of hydrogen-bond donors (Lipinski definition) is 1. The first-order valence-corrected chi connectivity index (χ1v) is 11.3. The van der Waals surface area contributed by atoms with E-state index in [4.69, 9.17) is 11.6 Å². The van der Waals surface area contributed by atoms with Gasteiger partial charge in [0.2, 0.25) is 5.91 Å². The van der Waals surface area contributed by atoms with Gasteiger partial charge in [-0.05, 0) is 24.5 Å². The van der Waals surface area contributed by atoms with Crippen LogP contribution in [-0.4, -0.2) is 46.3 Å². The van der Waals surface area contributed by atoms with Crippen molar-refractivity contribution in [2.45, 2.75) is 18.0 Å². The zero-order valence-electron chi connectivity index (χ0n) is 14.2. The van der Waals surface area contributed by atoms with E-state index < -0.39 is 9.84 Å². The molecule has 26 heavy (non-hydrogen) atoms. The largest absolute Gasteiger partial charge is 0.324 e. The summed E-state index contributed by atoms with van der Waals surface area (Å²) in [7, 11) is -1.08. The first-order chi connectivity index (χ1) is 12.3. The van der Waals surface area contributed by atoms with Crippen molar-refractivity contribution < 1.29 is 13.2 Å². The minimum Gasteiger partial charge on any atom is -0.324 e. The molecule has 1 saturated heterocycles. The number of carbonyl (C=O) groups is 1. The number of nitrogens with one attached hydrogen (secondary N) is 1. The fraction of sp³-hybridized carbons (Fsp3) is 0.438. The first-order valence-electron chi connectivity index (χ1n) is 8.10. The molecule has 0 spiro atoms. The Morgan fingerprint density at radius 2 is 2.15 bits per heavy atom. The van der Waals surface area contributed by atoms with E-state index in [0.29, 0.717) is 28.7 Å². The smallest absolute Gasteiger partial charge is 0.234 e. The minimum atomic E-state index is -2.90. The number of benzene rings is 1. The molecule has 0 radical (unpaired) electrons. The molecule has 2 heterocycles. The highest BCUT2D eigenvalue weighted by atomic mass is 35.5. The van der Waals surface area contributed by atoms with Crippen molar-refractivity contribution in [1.82, 2.24) is 14.8 Å². The lowest BCUT2D eigenvalue weighted by Gasteiger charge is -2.08. The van der Waals surface area contributed by atoms with Gasteiger partial charge in [-0.15, -0.1) is 10.2 Å². The van der Waals surface area contributed by atoms with E-state index in [-0.39, 0.29) is 29.1 Å². The number of para-hydroxylation sites is 1. The molecule has 1 aromatic carbocycles. The Morgan fingerprint density at radius 1 is 1.38 bits per heavy atom. The second-order valence-corrected chi connectivity index (χ2v) is 9.83. The van der Waals surface area contributed by atoms with Crippen LogP contribution < -0.4 is 5.32 Å². The lowest BCUT2D eigenvalue weighted by molar-refractivity contribution is -0.113. The molecule has 1 fully saturated rings. The Hall–Kier alpha value is -1.58. The first kappa shape index (κ1) is 19.2. The van der Waals surface area contributed by atoms with Crippen molar-refractivity contribution in [2.24, 2.45) is 13.0 Å². The predicted octanol–water partition coefficient (Wildman–Crippen LogP) is 2.18. The SMILES string of the molecule is Cn1c(C[C@H]2CCS(=O)(=O)C2)nnc1SCC(=O)Nc1ccccc1Cl. The van der Waals surface area contributed by atoms with Crippen molar-refractivity contribution in [3.8, 4) is 0 Å². The number of hydrogen-bond acceptors (Lipinski definition) is 6. The molecule has 1 atom stereocenters. The van der Waals surface area contributed by atoms with Crippen LogP contribution in [0.2, 0.25) is 5.02 Å². The molecule has 1 aromatic heterocycles. The van der Waals surface area contributed by atoms with Crippen molar-refractivity contribution in [3.05, 3.63) is 35.1 Å². The molecule has 1 aliphatic rings. The molecule has 0 unspecified atom stereocenters. The van der Waals surface area contributed by atoms with E-state index in [1.165, 1.54) is 11.8 Å². The van der Waals surface area contributed by atoms with Gasteiger partial charge in [-0.25, -0.2) is 8.42 Å². The molecule has 140 valence electrons. The van der Waals surface area contributed by atoms with Crippen molar-refractivity contribution in [2.75, 3.05) is 22.6 Å². The van der Waals surface area contributed by atoms with Gasteiger partial charge in [0.15, 0.2) is 15.0 Å². The van der Waals surface area contributed by atoms with E-state index in [2.05, 4.69) is 15.5 Å². The number of halogens is 1. The number of rotatable bonds is 6. The molecule has 3 rings (SSSR count). The average Bonchev–Trinajstić information content (AvgIpc) is 3.11. The second-order valence-electron chi connectivity index (χ2n) is 6.25. The Bertz CT molecular complexity index is 914. The Kier molecular flexibility index (Phi) is 5.89. The molecular weight excluding hydrogens is 396 g/mol. The van der Waals surface area contributed by atoms with Crippen LogP contribution in [0.15, 0.2) is 29.4 Å². The summed E-state index contributed by atoms with van der Waals surface area (Å²) in [4.78, 5) is 12.1. The van der Waals surface area contributed by atoms with E-state index in [1.54, 1.807) is 24.3 Å². The monoisotopic (exact) mass is 414 g/mol. The van der Waals surface area contributed by atoms with Crippen LogP contribution in [0, 0.1) is 5.92 Å². The summed E-state index contributed by atoms with van der Waals surface area (Å²) in [5.41, 5.74) is 0.570. The Balaban J connectivity index is 1.55. The van der Waals surface area contributed by atoms with Gasteiger partial charge in [-0.3, -0.25) is 4.79 Å². The van der Waals surface area contributed by atoms with Crippen LogP contribution in [0.3, 0.4) is 0 Å². The van der Waals surface area contributed by atoms with Gasteiger partial charge in [0.25, 0.3) is 0 Å². The van der Waals surface area contributed by atoms with Gasteiger partial charge in [0.05, 0.1) is 28.0 Å². The maximum Gasteiger partial charge on any atom is 0.234 e. The van der Waals surface area contributed by atoms with E-state index >= 15 is 0 Å². The summed E-state index contributed by atoms with van der Waals surface area (Å²) >= 11 is 7.30. The molecule has 1 aliphatic heterocycles. The predicted molar refractivity (Wildman–Crippen MR) is 102 cm³/mol. The summed E-state index contributed by atoms with van der Waals surface area (Å²) < 4.78 is 25.0. The average molecular weight is 415 g/mol. The van der Waals surface area contributed by atoms with Crippen LogP contribution in [0.4, 0.5) is 5.69 Å². The third-order valence-electron chi connectivity index (χ3n) is 4.20. The molecule has 0 aliphatic carbocycles. The number of anilines is 1. The number of amides is 1. The summed E-state index contributed by atoms with van der Waals surface area (Å²) in [6, 6.07) is 7.04. The normalized spacial score (nSPS) is 18.8. The van der Waals surface area contributed by atoms with Gasteiger partial charge >= 0.3 is 0 Å². The third kappa shape index (κ3) is 4.77. The standard InChI is InChI=1S/C16H19ClN4O3S2/c1-21-14(8-11-6-7-26(23,24)10-11)19-20-16(21)25-9-15(22)18-13-5-3-2-4-12(13)17/h2-5,11H,6-10H2,1H3,(H,18,22)/t11-/m1/s1. The van der Waals surface area contributed by atoms with Crippen LogP contribution in [0.1, 0.15) is 12.2 Å². The molecule has 1 amide bonds. The number of sulfone groups is 1. The summed E-state index contributed by atoms with van der Waals surface area (Å²) in [5.74, 6) is 1.27. The highest BCUT2D eigenvalue weighted by Crippen LogP contribution is 2.24. The van der Waals surface area contributed by atoms with Crippen LogP contribution in [0.25, 0.3) is 0 Å². The fourth-order valence-electron chi connectivity index (χ4n) is 2.82. The third-order valence-corrected chi connectivity index (χ3v) is 7.39. The second kappa shape index (κ2) is 7.98. The number of carbonyl (C=O) groups excluding carboxylic acids is 1. The van der Waals surface area contributed by atoms with Crippen molar-refractivity contribution in [3.63, 3.8) is 0 Å². The number of thioether (sulfide) groups is 1. The van der Waals surface area contributed by atoms with Gasteiger partial charge < -0.3 is 9.88 Å². The van der Waals surface area contributed by atoms with Crippen molar-refractivity contribution >= 4 is 44.8 Å². The molecule has 0 bridgehead atoms. The maximum atomic E-state index is 12.1.